The molecule has 0 fully saturated rings. The minimum Gasteiger partial charge on any atom is -0.508 e. The molecule has 0 aliphatic carbocycles. The first-order valence-corrected chi connectivity index (χ1v) is 5.56. The molecule has 0 unspecified atom stereocenters. The number of rotatable bonds is 3. The quantitative estimate of drug-likeness (QED) is 0.867. The lowest BCUT2D eigenvalue weighted by Gasteiger charge is -2.02. The minimum absolute atomic E-state index is 0.0606. The van der Waals surface area contributed by atoms with Crippen LogP contribution < -0.4 is 5.32 Å². The van der Waals surface area contributed by atoms with Crippen molar-refractivity contribution in [2.24, 2.45) is 0 Å². The largest absolute Gasteiger partial charge is 0.508 e. The van der Waals surface area contributed by atoms with Gasteiger partial charge in [-0.3, -0.25) is 4.79 Å². The summed E-state index contributed by atoms with van der Waals surface area (Å²) in [6.45, 7) is 3.89. The third-order valence-corrected chi connectivity index (χ3v) is 2.58. The molecule has 0 aliphatic rings. The molecule has 0 bridgehead atoms. The predicted molar refractivity (Wildman–Crippen MR) is 65.3 cm³/mol. The van der Waals surface area contributed by atoms with Crippen LogP contribution in [0.4, 0.5) is 0 Å². The number of amides is 1. The molecule has 5 heteroatoms. The van der Waals surface area contributed by atoms with E-state index < -0.39 is 0 Å². The van der Waals surface area contributed by atoms with Crippen LogP contribution >= 0.6 is 0 Å². The van der Waals surface area contributed by atoms with Gasteiger partial charge in [0.05, 0.1) is 12.2 Å². The number of oxazole rings is 1. The molecule has 1 amide bonds. The predicted octanol–water partition coefficient (Wildman–Crippen LogP) is 1.93. The maximum absolute atomic E-state index is 11.8. The maximum Gasteiger partial charge on any atom is 0.251 e. The zero-order valence-corrected chi connectivity index (χ0v) is 10.2. The van der Waals surface area contributed by atoms with Gasteiger partial charge < -0.3 is 14.8 Å². The molecule has 94 valence electrons. The van der Waals surface area contributed by atoms with Crippen LogP contribution in [0.2, 0.25) is 0 Å². The van der Waals surface area contributed by atoms with E-state index >= 15 is 0 Å². The van der Waals surface area contributed by atoms with E-state index in [9.17, 15) is 9.90 Å². The van der Waals surface area contributed by atoms with Crippen molar-refractivity contribution >= 4 is 5.91 Å². The van der Waals surface area contributed by atoms with Gasteiger partial charge >= 0.3 is 0 Å². The second-order valence-electron chi connectivity index (χ2n) is 3.98. The highest BCUT2D eigenvalue weighted by molar-refractivity contribution is 5.94. The molecule has 5 nitrogen and oxygen atoms in total. The van der Waals surface area contributed by atoms with Crippen molar-refractivity contribution in [3.05, 3.63) is 47.2 Å². The minimum atomic E-state index is -0.278. The summed E-state index contributed by atoms with van der Waals surface area (Å²) in [6.07, 6.45) is 0. The Bertz CT molecular complexity index is 556. The molecule has 0 aliphatic heterocycles. The molecule has 1 aromatic carbocycles. The number of benzene rings is 1. The molecule has 0 spiro atoms. The van der Waals surface area contributed by atoms with Crippen molar-refractivity contribution in [2.45, 2.75) is 20.4 Å². The molecule has 2 rings (SSSR count). The Hall–Kier alpha value is -2.30. The Morgan fingerprint density at radius 3 is 2.83 bits per heavy atom. The van der Waals surface area contributed by atoms with Gasteiger partial charge in [-0.25, -0.2) is 4.98 Å². The monoisotopic (exact) mass is 246 g/mol. The number of hydrogen-bond donors (Lipinski definition) is 2. The van der Waals surface area contributed by atoms with Crippen LogP contribution in [0.15, 0.2) is 28.7 Å². The zero-order valence-electron chi connectivity index (χ0n) is 10.2. The first-order chi connectivity index (χ1) is 8.56. The molecular weight excluding hydrogens is 232 g/mol. The first-order valence-electron chi connectivity index (χ1n) is 5.56. The van der Waals surface area contributed by atoms with Gasteiger partial charge in [-0.15, -0.1) is 0 Å². The van der Waals surface area contributed by atoms with E-state index in [-0.39, 0.29) is 18.2 Å². The van der Waals surface area contributed by atoms with Gasteiger partial charge in [0, 0.05) is 5.56 Å². The molecule has 1 heterocycles. The molecule has 2 aromatic rings. The summed E-state index contributed by atoms with van der Waals surface area (Å²) in [5.74, 6) is 1.000. The molecule has 0 radical (unpaired) electrons. The van der Waals surface area contributed by atoms with E-state index in [0.717, 1.165) is 11.5 Å². The van der Waals surface area contributed by atoms with Crippen LogP contribution in [0.5, 0.6) is 5.75 Å². The highest BCUT2D eigenvalue weighted by Gasteiger charge is 2.09. The van der Waals surface area contributed by atoms with Gasteiger partial charge in [0.1, 0.15) is 11.5 Å². The molecule has 0 saturated carbocycles. The van der Waals surface area contributed by atoms with Crippen LogP contribution in [0.25, 0.3) is 0 Å². The Morgan fingerprint density at radius 2 is 2.22 bits per heavy atom. The third kappa shape index (κ3) is 2.68. The zero-order chi connectivity index (χ0) is 13.1. The number of aryl methyl sites for hydroxylation is 2. The van der Waals surface area contributed by atoms with Crippen molar-refractivity contribution in [1.29, 1.82) is 0 Å². The van der Waals surface area contributed by atoms with Crippen LogP contribution in [-0.4, -0.2) is 16.0 Å². The summed E-state index contributed by atoms with van der Waals surface area (Å²) in [5, 5.41) is 12.0. The van der Waals surface area contributed by atoms with E-state index in [1.54, 1.807) is 12.1 Å². The van der Waals surface area contributed by atoms with Crippen molar-refractivity contribution in [3.63, 3.8) is 0 Å². The fourth-order valence-corrected chi connectivity index (χ4v) is 1.52. The topological polar surface area (TPSA) is 75.4 Å². The Labute approximate surface area is 104 Å². The number of nitrogens with one attached hydrogen (secondary N) is 1. The molecule has 1 aromatic heterocycles. The smallest absolute Gasteiger partial charge is 0.251 e. The molecule has 18 heavy (non-hydrogen) atoms. The van der Waals surface area contributed by atoms with Gasteiger partial charge in [-0.1, -0.05) is 6.07 Å². The van der Waals surface area contributed by atoms with Crippen molar-refractivity contribution in [1.82, 2.24) is 10.3 Å². The van der Waals surface area contributed by atoms with Gasteiger partial charge in [0.15, 0.2) is 0 Å². The molecule has 2 N–H and O–H groups in total. The van der Waals surface area contributed by atoms with E-state index in [4.69, 9.17) is 4.42 Å². The number of carbonyl (C=O) groups excluding carboxylic acids is 1. The summed E-state index contributed by atoms with van der Waals surface area (Å²) in [6, 6.07) is 6.16. The highest BCUT2D eigenvalue weighted by atomic mass is 16.4. The molecule has 0 atom stereocenters. The van der Waals surface area contributed by atoms with E-state index in [1.807, 2.05) is 13.8 Å². The van der Waals surface area contributed by atoms with Crippen molar-refractivity contribution < 1.29 is 14.3 Å². The van der Waals surface area contributed by atoms with Crippen molar-refractivity contribution in [2.75, 3.05) is 0 Å². The van der Waals surface area contributed by atoms with E-state index in [2.05, 4.69) is 10.3 Å². The lowest BCUT2D eigenvalue weighted by molar-refractivity contribution is 0.0946. The summed E-state index contributed by atoms with van der Waals surface area (Å²) in [5.41, 5.74) is 1.21. The average molecular weight is 246 g/mol. The molecule has 0 saturated heterocycles. The van der Waals surface area contributed by atoms with Crippen LogP contribution in [-0.2, 0) is 6.54 Å². The molecular formula is C13H14N2O3. The summed E-state index contributed by atoms with van der Waals surface area (Å²) >= 11 is 0. The first kappa shape index (κ1) is 12.2. The van der Waals surface area contributed by atoms with Gasteiger partial charge in [0.25, 0.3) is 5.91 Å². The highest BCUT2D eigenvalue weighted by Crippen LogP contribution is 2.11. The van der Waals surface area contributed by atoms with E-state index in [1.165, 1.54) is 12.1 Å². The number of phenols is 1. The van der Waals surface area contributed by atoms with Gasteiger partial charge in [0.2, 0.25) is 5.89 Å². The second-order valence-corrected chi connectivity index (χ2v) is 3.98. The summed E-state index contributed by atoms with van der Waals surface area (Å²) in [4.78, 5) is 15.9. The summed E-state index contributed by atoms with van der Waals surface area (Å²) < 4.78 is 5.35. The van der Waals surface area contributed by atoms with Crippen LogP contribution in [0.3, 0.4) is 0 Å². The number of phenolic OH excluding ortho intramolecular Hbond substituents is 1. The van der Waals surface area contributed by atoms with Gasteiger partial charge in [-0.2, -0.15) is 0 Å². The van der Waals surface area contributed by atoms with Crippen LogP contribution in [0.1, 0.15) is 27.7 Å². The summed E-state index contributed by atoms with van der Waals surface area (Å²) in [7, 11) is 0. The Morgan fingerprint density at radius 1 is 1.44 bits per heavy atom. The standard InChI is InChI=1S/C13H14N2O3/c1-8-9(2)18-12(15-8)7-14-13(17)10-4-3-5-11(16)6-10/h3-6,16H,7H2,1-2H3,(H,14,17). The average Bonchev–Trinajstić information content (AvgIpc) is 2.66. The van der Waals surface area contributed by atoms with Crippen molar-refractivity contribution in [3.8, 4) is 5.75 Å². The fraction of sp³-hybridized carbons (Fsp3) is 0.231. The number of hydrogen-bond acceptors (Lipinski definition) is 4. The van der Waals surface area contributed by atoms with Gasteiger partial charge in [-0.05, 0) is 32.0 Å². The lowest BCUT2D eigenvalue weighted by Crippen LogP contribution is -2.22. The number of carbonyl (C=O) groups is 1. The second kappa shape index (κ2) is 4.91. The third-order valence-electron chi connectivity index (χ3n) is 2.58. The van der Waals surface area contributed by atoms with Crippen LogP contribution in [0, 0.1) is 13.8 Å². The number of aromatic hydroxyl groups is 1. The Balaban J connectivity index is 2.00. The Kier molecular flexibility index (Phi) is 3.32. The number of aromatic nitrogens is 1. The SMILES string of the molecule is Cc1nc(CNC(=O)c2cccc(O)c2)oc1C. The normalized spacial score (nSPS) is 10.3. The lowest BCUT2D eigenvalue weighted by atomic mass is 10.2. The maximum atomic E-state index is 11.8. The fourth-order valence-electron chi connectivity index (χ4n) is 1.52. The number of nitrogens with zero attached hydrogens (tertiary/aromatic N) is 1. The van der Waals surface area contributed by atoms with E-state index in [0.29, 0.717) is 11.5 Å².